The Morgan fingerprint density at radius 1 is 1.06 bits per heavy atom. The summed E-state index contributed by atoms with van der Waals surface area (Å²) in [5.41, 5.74) is 10.4. The summed E-state index contributed by atoms with van der Waals surface area (Å²) < 4.78 is 28.1. The molecule has 174 valence electrons. The highest BCUT2D eigenvalue weighted by molar-refractivity contribution is 5.89. The van der Waals surface area contributed by atoms with Crippen LogP contribution in [0.5, 0.6) is 0 Å². The van der Waals surface area contributed by atoms with Crippen LogP contribution in [0, 0.1) is 0 Å². The molecule has 0 aromatic heterocycles. The molecule has 2 aromatic carbocycles. The molecule has 0 saturated carbocycles. The number of esters is 2. The van der Waals surface area contributed by atoms with Crippen molar-refractivity contribution in [1.82, 2.24) is 0 Å². The van der Waals surface area contributed by atoms with Crippen molar-refractivity contribution in [3.8, 4) is 0 Å². The highest BCUT2D eigenvalue weighted by Gasteiger charge is 2.49. The quantitative estimate of drug-likeness (QED) is 0.245. The van der Waals surface area contributed by atoms with Crippen LogP contribution < -0.4 is 0 Å². The van der Waals surface area contributed by atoms with Crippen LogP contribution in [0.2, 0.25) is 0 Å². The number of ether oxygens (including phenoxy) is 5. The van der Waals surface area contributed by atoms with E-state index in [2.05, 4.69) is 10.0 Å². The SMILES string of the molecule is COC1O[C@H](COC(=O)c2ccccc2)[C@H](OC(C)=O)[C@H](N=[N+]=[N-])[C@H]1OCc1ccccc1. The Morgan fingerprint density at radius 2 is 1.73 bits per heavy atom. The molecule has 5 atom stereocenters. The van der Waals surface area contributed by atoms with Crippen molar-refractivity contribution in [2.75, 3.05) is 13.7 Å². The summed E-state index contributed by atoms with van der Waals surface area (Å²) in [6, 6.07) is 16.8. The van der Waals surface area contributed by atoms with Crippen molar-refractivity contribution >= 4 is 11.9 Å². The van der Waals surface area contributed by atoms with Crippen LogP contribution in [0.25, 0.3) is 10.4 Å². The highest BCUT2D eigenvalue weighted by atomic mass is 16.7. The van der Waals surface area contributed by atoms with Crippen LogP contribution in [0.4, 0.5) is 0 Å². The van der Waals surface area contributed by atoms with Crippen LogP contribution in [-0.4, -0.2) is 56.3 Å². The van der Waals surface area contributed by atoms with Gasteiger partial charge in [0, 0.05) is 18.9 Å². The second kappa shape index (κ2) is 12.0. The molecular formula is C23H25N3O7. The average molecular weight is 455 g/mol. The number of carbonyl (C=O) groups excluding carboxylic acids is 2. The lowest BCUT2D eigenvalue weighted by molar-refractivity contribution is -0.281. The lowest BCUT2D eigenvalue weighted by atomic mass is 9.96. The molecule has 3 rings (SSSR count). The summed E-state index contributed by atoms with van der Waals surface area (Å²) in [5, 5.41) is 3.82. The molecule has 1 saturated heterocycles. The number of azide groups is 1. The minimum Gasteiger partial charge on any atom is -0.459 e. The Labute approximate surface area is 191 Å². The van der Waals surface area contributed by atoms with Gasteiger partial charge in [-0.25, -0.2) is 4.79 Å². The van der Waals surface area contributed by atoms with Crippen LogP contribution in [0.15, 0.2) is 65.8 Å². The molecule has 1 fully saturated rings. The second-order valence-electron chi connectivity index (χ2n) is 7.27. The number of carbonyl (C=O) groups is 2. The summed E-state index contributed by atoms with van der Waals surface area (Å²) >= 11 is 0. The first-order valence-corrected chi connectivity index (χ1v) is 10.3. The maximum atomic E-state index is 12.4. The zero-order chi connectivity index (χ0) is 23.6. The minimum absolute atomic E-state index is 0.187. The molecule has 0 amide bonds. The number of nitrogens with zero attached hydrogens (tertiary/aromatic N) is 3. The van der Waals surface area contributed by atoms with Gasteiger partial charge >= 0.3 is 11.9 Å². The summed E-state index contributed by atoms with van der Waals surface area (Å²) in [7, 11) is 1.41. The largest absolute Gasteiger partial charge is 0.459 e. The molecule has 0 radical (unpaired) electrons. The maximum absolute atomic E-state index is 12.4. The van der Waals surface area contributed by atoms with Crippen molar-refractivity contribution in [2.45, 2.75) is 44.2 Å². The fraction of sp³-hybridized carbons (Fsp3) is 0.391. The normalized spacial score (nSPS) is 24.4. The van der Waals surface area contributed by atoms with Gasteiger partial charge in [0.15, 0.2) is 6.29 Å². The third-order valence-electron chi connectivity index (χ3n) is 5.01. The summed E-state index contributed by atoms with van der Waals surface area (Å²) in [4.78, 5) is 27.1. The van der Waals surface area contributed by atoms with E-state index >= 15 is 0 Å². The van der Waals surface area contributed by atoms with Gasteiger partial charge in [-0.1, -0.05) is 53.6 Å². The smallest absolute Gasteiger partial charge is 0.338 e. The Bertz CT molecular complexity index is 967. The van der Waals surface area contributed by atoms with Gasteiger partial charge in [-0.15, -0.1) is 0 Å². The van der Waals surface area contributed by atoms with E-state index in [1.165, 1.54) is 14.0 Å². The molecule has 0 bridgehead atoms. The monoisotopic (exact) mass is 455 g/mol. The molecular weight excluding hydrogens is 430 g/mol. The molecule has 1 unspecified atom stereocenters. The van der Waals surface area contributed by atoms with Gasteiger partial charge in [-0.2, -0.15) is 0 Å². The lowest BCUT2D eigenvalue weighted by Gasteiger charge is -2.43. The second-order valence-corrected chi connectivity index (χ2v) is 7.27. The lowest BCUT2D eigenvalue weighted by Crippen LogP contribution is -2.60. The van der Waals surface area contributed by atoms with Crippen LogP contribution in [0.1, 0.15) is 22.8 Å². The molecule has 0 spiro atoms. The summed E-state index contributed by atoms with van der Waals surface area (Å²) in [6.07, 6.45) is -3.85. The van der Waals surface area contributed by atoms with E-state index < -0.39 is 42.6 Å². The van der Waals surface area contributed by atoms with Crippen LogP contribution in [-0.2, 0) is 35.1 Å². The Morgan fingerprint density at radius 3 is 2.33 bits per heavy atom. The highest BCUT2D eigenvalue weighted by Crippen LogP contribution is 2.30. The topological polar surface area (TPSA) is 129 Å². The van der Waals surface area contributed by atoms with E-state index in [4.69, 9.17) is 23.7 Å². The van der Waals surface area contributed by atoms with Crippen LogP contribution in [0.3, 0.4) is 0 Å². The molecule has 33 heavy (non-hydrogen) atoms. The first-order chi connectivity index (χ1) is 16.0. The van der Waals surface area contributed by atoms with E-state index in [1.807, 2.05) is 30.3 Å². The number of hydrogen-bond donors (Lipinski definition) is 0. The van der Waals surface area contributed by atoms with Gasteiger partial charge in [-0.05, 0) is 23.2 Å². The van der Waals surface area contributed by atoms with Crippen molar-refractivity contribution in [3.05, 3.63) is 82.2 Å². The Hall–Kier alpha value is -3.43. The fourth-order valence-electron chi connectivity index (χ4n) is 3.51. The standard InChI is InChI=1S/C23H25N3O7/c1-15(27)32-20-18(14-31-22(28)17-11-7-4-8-12-17)33-23(29-2)21(19(20)25-26-24)30-13-16-9-5-3-6-10-16/h3-12,18-21,23H,13-14H2,1-2H3/t18-,19+,20+,21-,23?/m1/s1. The number of hydrogen-bond acceptors (Lipinski definition) is 8. The number of methoxy groups -OCH3 is 1. The molecule has 1 aliphatic rings. The fourth-order valence-corrected chi connectivity index (χ4v) is 3.51. The van der Waals surface area contributed by atoms with Gasteiger partial charge in [0.25, 0.3) is 0 Å². The molecule has 0 N–H and O–H groups in total. The number of rotatable bonds is 9. The first-order valence-electron chi connectivity index (χ1n) is 10.3. The third-order valence-corrected chi connectivity index (χ3v) is 5.01. The van der Waals surface area contributed by atoms with Gasteiger partial charge in [0.1, 0.15) is 31.0 Å². The van der Waals surface area contributed by atoms with E-state index in [9.17, 15) is 15.1 Å². The number of benzene rings is 2. The summed E-state index contributed by atoms with van der Waals surface area (Å²) in [6.45, 7) is 1.16. The Balaban J connectivity index is 1.79. The zero-order valence-electron chi connectivity index (χ0n) is 18.3. The van der Waals surface area contributed by atoms with Crippen molar-refractivity contribution < 1.29 is 33.3 Å². The van der Waals surface area contributed by atoms with E-state index in [-0.39, 0.29) is 13.2 Å². The average Bonchev–Trinajstić information content (AvgIpc) is 2.84. The predicted molar refractivity (Wildman–Crippen MR) is 116 cm³/mol. The maximum Gasteiger partial charge on any atom is 0.338 e. The van der Waals surface area contributed by atoms with E-state index in [0.717, 1.165) is 5.56 Å². The molecule has 1 aliphatic heterocycles. The van der Waals surface area contributed by atoms with Crippen molar-refractivity contribution in [1.29, 1.82) is 0 Å². The molecule has 0 aliphatic carbocycles. The molecule has 10 nitrogen and oxygen atoms in total. The zero-order valence-corrected chi connectivity index (χ0v) is 18.3. The predicted octanol–water partition coefficient (Wildman–Crippen LogP) is 3.41. The van der Waals surface area contributed by atoms with Gasteiger partial charge in [-0.3, -0.25) is 4.79 Å². The van der Waals surface area contributed by atoms with E-state index in [0.29, 0.717) is 5.56 Å². The summed E-state index contributed by atoms with van der Waals surface area (Å²) in [5.74, 6) is -1.18. The van der Waals surface area contributed by atoms with Crippen molar-refractivity contribution in [3.63, 3.8) is 0 Å². The third kappa shape index (κ3) is 6.53. The van der Waals surface area contributed by atoms with Gasteiger partial charge in [0.05, 0.1) is 12.2 Å². The van der Waals surface area contributed by atoms with Crippen molar-refractivity contribution in [2.24, 2.45) is 5.11 Å². The minimum atomic E-state index is -1.06. The van der Waals surface area contributed by atoms with Gasteiger partial charge in [0.2, 0.25) is 0 Å². The first kappa shape index (κ1) is 24.2. The van der Waals surface area contributed by atoms with E-state index in [1.54, 1.807) is 30.3 Å². The van der Waals surface area contributed by atoms with Crippen LogP contribution >= 0.6 is 0 Å². The molecule has 1 heterocycles. The molecule has 2 aromatic rings. The molecule has 10 heteroatoms. The Kier molecular flexibility index (Phi) is 8.79. The van der Waals surface area contributed by atoms with Gasteiger partial charge < -0.3 is 23.7 Å².